The van der Waals surface area contributed by atoms with Crippen LogP contribution in [0.15, 0.2) is 18.2 Å². The lowest BCUT2D eigenvalue weighted by molar-refractivity contribution is 0.111. The first-order valence-corrected chi connectivity index (χ1v) is 5.11. The Kier molecular flexibility index (Phi) is 4.84. The summed E-state index contributed by atoms with van der Waals surface area (Å²) in [6.07, 6.45) is 1.77. The maximum absolute atomic E-state index is 10.8. The van der Waals surface area contributed by atoms with Gasteiger partial charge in [-0.2, -0.15) is 0 Å². The molecule has 3 heteroatoms. The van der Waals surface area contributed by atoms with E-state index in [-0.39, 0.29) is 0 Å². The van der Waals surface area contributed by atoms with Gasteiger partial charge in [0.2, 0.25) is 0 Å². The van der Waals surface area contributed by atoms with Crippen molar-refractivity contribution in [3.63, 3.8) is 0 Å². The monoisotopic (exact) mass is 207 g/mol. The van der Waals surface area contributed by atoms with Crippen molar-refractivity contribution in [3.8, 4) is 5.75 Å². The van der Waals surface area contributed by atoms with Crippen LogP contribution in [0, 0.1) is 6.92 Å². The number of hydrogen-bond donors (Lipinski definition) is 1. The average molecular weight is 207 g/mol. The Bertz CT molecular complexity index is 323. The lowest BCUT2D eigenvalue weighted by atomic mass is 10.1. The molecule has 0 aliphatic carbocycles. The molecular weight excluding hydrogens is 190 g/mol. The predicted octanol–water partition coefficient (Wildman–Crippen LogP) is 1.80. The highest BCUT2D eigenvalue weighted by molar-refractivity contribution is 5.79. The molecule has 0 aliphatic rings. The van der Waals surface area contributed by atoms with Crippen LogP contribution in [0.2, 0.25) is 0 Å². The Morgan fingerprint density at radius 1 is 1.47 bits per heavy atom. The number of aryl methyl sites for hydroxylation is 1. The van der Waals surface area contributed by atoms with Crippen molar-refractivity contribution in [2.24, 2.45) is 0 Å². The zero-order chi connectivity index (χ0) is 11.1. The Balaban J connectivity index is 2.56. The van der Waals surface area contributed by atoms with Crippen LogP contribution in [0.3, 0.4) is 0 Å². The first-order chi connectivity index (χ1) is 7.27. The van der Waals surface area contributed by atoms with E-state index in [9.17, 15) is 4.79 Å². The number of aldehydes is 1. The fourth-order valence-electron chi connectivity index (χ4n) is 1.32. The lowest BCUT2D eigenvalue weighted by Gasteiger charge is -2.08. The Hall–Kier alpha value is -1.35. The fraction of sp³-hybridized carbons (Fsp3) is 0.417. The zero-order valence-electron chi connectivity index (χ0n) is 9.25. The molecule has 0 aromatic heterocycles. The van der Waals surface area contributed by atoms with Crippen molar-refractivity contribution >= 4 is 6.29 Å². The van der Waals surface area contributed by atoms with E-state index in [2.05, 4.69) is 5.32 Å². The van der Waals surface area contributed by atoms with Gasteiger partial charge < -0.3 is 10.1 Å². The van der Waals surface area contributed by atoms with Crippen molar-refractivity contribution in [2.75, 3.05) is 20.2 Å². The number of carbonyl (C=O) groups is 1. The second-order valence-electron chi connectivity index (χ2n) is 3.46. The molecule has 0 spiro atoms. The van der Waals surface area contributed by atoms with Gasteiger partial charge in [0.1, 0.15) is 5.75 Å². The van der Waals surface area contributed by atoms with Gasteiger partial charge in [-0.15, -0.1) is 0 Å². The molecule has 1 aromatic rings. The third kappa shape index (κ3) is 3.72. The van der Waals surface area contributed by atoms with Gasteiger partial charge in [-0.3, -0.25) is 4.79 Å². The zero-order valence-corrected chi connectivity index (χ0v) is 9.25. The molecule has 0 fully saturated rings. The van der Waals surface area contributed by atoms with Crippen LogP contribution in [-0.2, 0) is 0 Å². The van der Waals surface area contributed by atoms with Crippen LogP contribution < -0.4 is 10.1 Å². The van der Waals surface area contributed by atoms with Gasteiger partial charge in [0.25, 0.3) is 0 Å². The normalized spacial score (nSPS) is 10.0. The summed E-state index contributed by atoms with van der Waals surface area (Å²) in [5.41, 5.74) is 1.69. The van der Waals surface area contributed by atoms with Crippen LogP contribution >= 0.6 is 0 Å². The topological polar surface area (TPSA) is 38.3 Å². The van der Waals surface area contributed by atoms with E-state index in [0.717, 1.165) is 24.8 Å². The molecule has 0 unspecified atom stereocenters. The lowest BCUT2D eigenvalue weighted by Crippen LogP contribution is -2.12. The molecule has 0 bridgehead atoms. The maximum Gasteiger partial charge on any atom is 0.153 e. The number of ether oxygens (including phenoxy) is 1. The van der Waals surface area contributed by atoms with E-state index >= 15 is 0 Å². The summed E-state index contributed by atoms with van der Waals surface area (Å²) in [6.45, 7) is 3.50. The van der Waals surface area contributed by atoms with Crippen LogP contribution in [0.1, 0.15) is 22.3 Å². The molecule has 1 aromatic carbocycles. The first-order valence-electron chi connectivity index (χ1n) is 5.11. The largest absolute Gasteiger partial charge is 0.493 e. The van der Waals surface area contributed by atoms with Gasteiger partial charge in [0, 0.05) is 0 Å². The van der Waals surface area contributed by atoms with E-state index in [0.29, 0.717) is 17.9 Å². The summed E-state index contributed by atoms with van der Waals surface area (Å²) < 4.78 is 5.51. The summed E-state index contributed by atoms with van der Waals surface area (Å²) in [5.74, 6) is 0.673. The van der Waals surface area contributed by atoms with Crippen LogP contribution in [0.5, 0.6) is 5.75 Å². The summed E-state index contributed by atoms with van der Waals surface area (Å²) in [5, 5.41) is 3.04. The van der Waals surface area contributed by atoms with Gasteiger partial charge in [0.15, 0.2) is 6.29 Å². The third-order valence-electron chi connectivity index (χ3n) is 2.12. The van der Waals surface area contributed by atoms with Crippen LogP contribution in [0.25, 0.3) is 0 Å². The molecule has 0 heterocycles. The summed E-state index contributed by atoms with van der Waals surface area (Å²) in [6, 6.07) is 5.62. The smallest absolute Gasteiger partial charge is 0.153 e. The molecule has 1 N–H and O–H groups in total. The Morgan fingerprint density at radius 3 is 2.93 bits per heavy atom. The highest BCUT2D eigenvalue weighted by atomic mass is 16.5. The van der Waals surface area contributed by atoms with Gasteiger partial charge in [-0.05, 0) is 39.1 Å². The minimum atomic E-state index is 0.624. The molecule has 0 aliphatic heterocycles. The van der Waals surface area contributed by atoms with Crippen molar-refractivity contribution in [1.82, 2.24) is 5.32 Å². The van der Waals surface area contributed by atoms with E-state index in [1.807, 2.05) is 32.2 Å². The van der Waals surface area contributed by atoms with E-state index in [1.54, 1.807) is 0 Å². The quantitative estimate of drug-likeness (QED) is 0.571. The highest BCUT2D eigenvalue weighted by Crippen LogP contribution is 2.18. The highest BCUT2D eigenvalue weighted by Gasteiger charge is 2.02. The number of nitrogens with one attached hydrogen (secondary N) is 1. The Labute approximate surface area is 90.4 Å². The van der Waals surface area contributed by atoms with E-state index < -0.39 is 0 Å². The van der Waals surface area contributed by atoms with Gasteiger partial charge >= 0.3 is 0 Å². The number of benzene rings is 1. The van der Waals surface area contributed by atoms with Crippen molar-refractivity contribution < 1.29 is 9.53 Å². The molecular formula is C12H17NO2. The average Bonchev–Trinajstić information content (AvgIpc) is 2.26. The molecule has 0 saturated heterocycles. The molecule has 0 amide bonds. The molecule has 0 saturated carbocycles. The van der Waals surface area contributed by atoms with Crippen LogP contribution in [-0.4, -0.2) is 26.5 Å². The first kappa shape index (κ1) is 11.7. The Morgan fingerprint density at radius 2 is 2.27 bits per heavy atom. The fourth-order valence-corrected chi connectivity index (χ4v) is 1.32. The molecule has 0 atom stereocenters. The summed E-state index contributed by atoms with van der Waals surface area (Å²) in [4.78, 5) is 10.8. The SMILES string of the molecule is CNCCCOc1ccc(C)cc1C=O. The predicted molar refractivity (Wildman–Crippen MR) is 60.6 cm³/mol. The molecule has 82 valence electrons. The number of hydrogen-bond acceptors (Lipinski definition) is 3. The maximum atomic E-state index is 10.8. The molecule has 1 rings (SSSR count). The van der Waals surface area contributed by atoms with Crippen molar-refractivity contribution in [2.45, 2.75) is 13.3 Å². The molecule has 15 heavy (non-hydrogen) atoms. The summed E-state index contributed by atoms with van der Waals surface area (Å²) >= 11 is 0. The minimum Gasteiger partial charge on any atom is -0.493 e. The van der Waals surface area contributed by atoms with Gasteiger partial charge in [-0.1, -0.05) is 11.6 Å². The summed E-state index contributed by atoms with van der Waals surface area (Å²) in [7, 11) is 1.91. The molecule has 3 nitrogen and oxygen atoms in total. The second kappa shape index (κ2) is 6.19. The van der Waals surface area contributed by atoms with Gasteiger partial charge in [0.05, 0.1) is 12.2 Å². The van der Waals surface area contributed by atoms with E-state index in [1.165, 1.54) is 0 Å². The molecule has 0 radical (unpaired) electrons. The second-order valence-corrected chi connectivity index (χ2v) is 3.46. The number of carbonyl (C=O) groups excluding carboxylic acids is 1. The van der Waals surface area contributed by atoms with Gasteiger partial charge in [-0.25, -0.2) is 0 Å². The van der Waals surface area contributed by atoms with Crippen LogP contribution in [0.4, 0.5) is 0 Å². The van der Waals surface area contributed by atoms with E-state index in [4.69, 9.17) is 4.74 Å². The van der Waals surface area contributed by atoms with Crippen molar-refractivity contribution in [1.29, 1.82) is 0 Å². The third-order valence-corrected chi connectivity index (χ3v) is 2.12. The standard InChI is InChI=1S/C12H17NO2/c1-10-4-5-12(11(8-10)9-14)15-7-3-6-13-2/h4-5,8-9,13H,3,6-7H2,1-2H3. The number of rotatable bonds is 6. The van der Waals surface area contributed by atoms with Crippen molar-refractivity contribution in [3.05, 3.63) is 29.3 Å². The minimum absolute atomic E-state index is 0.624.